The topological polar surface area (TPSA) is 101 Å². The molecule has 0 aromatic heterocycles. The molecule has 2 aromatic carbocycles. The molecule has 2 aromatic rings. The summed E-state index contributed by atoms with van der Waals surface area (Å²) < 4.78 is 0. The normalized spacial score (nSPS) is 15.6. The molecule has 27 heavy (non-hydrogen) atoms. The number of phenolic OH excluding ortho intramolecular Hbond substituents is 1. The van der Waals surface area contributed by atoms with Crippen LogP contribution >= 0.6 is 35.0 Å². The number of nitrogens with zero attached hydrogens (tertiary/aromatic N) is 2. The van der Waals surface area contributed by atoms with E-state index in [1.807, 2.05) is 0 Å². The molecule has 1 aliphatic rings. The summed E-state index contributed by atoms with van der Waals surface area (Å²) in [6, 6.07) is 8.50. The Morgan fingerprint density at radius 1 is 1.15 bits per heavy atom. The molecule has 0 spiro atoms. The summed E-state index contributed by atoms with van der Waals surface area (Å²) >= 11 is 12.5. The first-order valence-corrected chi connectivity index (χ1v) is 9.00. The number of imide groups is 1. The van der Waals surface area contributed by atoms with E-state index in [0.29, 0.717) is 21.2 Å². The van der Waals surface area contributed by atoms with Gasteiger partial charge in [0.1, 0.15) is 0 Å². The minimum absolute atomic E-state index is 0.0224. The second-order valence-electron chi connectivity index (χ2n) is 5.52. The van der Waals surface area contributed by atoms with Crippen molar-refractivity contribution in [2.45, 2.75) is 6.54 Å². The van der Waals surface area contributed by atoms with Gasteiger partial charge in [0, 0.05) is 6.07 Å². The van der Waals surface area contributed by atoms with E-state index < -0.39 is 27.5 Å². The fourth-order valence-electron chi connectivity index (χ4n) is 2.38. The number of carbonyl (C=O) groups is 2. The lowest BCUT2D eigenvalue weighted by Gasteiger charge is -2.12. The summed E-state index contributed by atoms with van der Waals surface area (Å²) in [5.74, 6) is -1.00. The van der Waals surface area contributed by atoms with Crippen LogP contribution in [0.25, 0.3) is 6.08 Å². The highest BCUT2D eigenvalue weighted by Crippen LogP contribution is 2.35. The zero-order valence-corrected chi connectivity index (χ0v) is 15.7. The third kappa shape index (κ3) is 4.08. The molecule has 2 amide bonds. The number of hydrogen-bond donors (Lipinski definition) is 1. The van der Waals surface area contributed by atoms with Gasteiger partial charge in [-0.2, -0.15) is 0 Å². The number of benzene rings is 2. The Morgan fingerprint density at radius 2 is 1.89 bits per heavy atom. The fraction of sp³-hybridized carbons (Fsp3) is 0.0588. The molecule has 0 bridgehead atoms. The third-order valence-electron chi connectivity index (χ3n) is 3.69. The molecule has 1 heterocycles. The Kier molecular flexibility index (Phi) is 5.41. The van der Waals surface area contributed by atoms with E-state index in [0.717, 1.165) is 28.8 Å². The lowest BCUT2D eigenvalue weighted by atomic mass is 10.1. The first kappa shape index (κ1) is 19.2. The van der Waals surface area contributed by atoms with E-state index in [1.165, 1.54) is 12.1 Å². The van der Waals surface area contributed by atoms with Gasteiger partial charge in [0.15, 0.2) is 5.75 Å². The lowest BCUT2D eigenvalue weighted by Crippen LogP contribution is -2.27. The number of nitro benzene ring substituents is 1. The number of halogens is 2. The average Bonchev–Trinajstić information content (AvgIpc) is 2.87. The average molecular weight is 425 g/mol. The maximum absolute atomic E-state index is 12.5. The summed E-state index contributed by atoms with van der Waals surface area (Å²) in [7, 11) is 0. The zero-order valence-electron chi connectivity index (χ0n) is 13.4. The van der Waals surface area contributed by atoms with Gasteiger partial charge in [-0.3, -0.25) is 24.6 Å². The molecule has 1 aliphatic heterocycles. The predicted octanol–water partition coefficient (Wildman–Crippen LogP) is 4.84. The number of thioether (sulfide) groups is 1. The number of hydrogen-bond acceptors (Lipinski definition) is 6. The smallest absolute Gasteiger partial charge is 0.311 e. The van der Waals surface area contributed by atoms with Crippen LogP contribution in [0.15, 0.2) is 41.3 Å². The molecule has 0 aliphatic carbocycles. The van der Waals surface area contributed by atoms with Crippen LogP contribution in [0.1, 0.15) is 11.1 Å². The van der Waals surface area contributed by atoms with Gasteiger partial charge in [-0.05, 0) is 47.2 Å². The van der Waals surface area contributed by atoms with Crippen molar-refractivity contribution in [3.8, 4) is 5.75 Å². The van der Waals surface area contributed by atoms with Crippen molar-refractivity contribution in [1.82, 2.24) is 4.90 Å². The fourth-order valence-corrected chi connectivity index (χ4v) is 3.54. The van der Waals surface area contributed by atoms with Crippen molar-refractivity contribution >= 4 is 57.9 Å². The molecule has 7 nitrogen and oxygen atoms in total. The number of carbonyl (C=O) groups excluding carboxylic acids is 2. The van der Waals surface area contributed by atoms with Gasteiger partial charge in [-0.1, -0.05) is 35.3 Å². The van der Waals surface area contributed by atoms with Gasteiger partial charge in [0.05, 0.1) is 26.4 Å². The van der Waals surface area contributed by atoms with Crippen LogP contribution in [0.2, 0.25) is 10.0 Å². The van der Waals surface area contributed by atoms with Crippen molar-refractivity contribution in [2.75, 3.05) is 0 Å². The molecule has 0 radical (unpaired) electrons. The summed E-state index contributed by atoms with van der Waals surface area (Å²) in [6.45, 7) is 0.0224. The number of rotatable bonds is 4. The van der Waals surface area contributed by atoms with Crippen molar-refractivity contribution in [2.24, 2.45) is 0 Å². The molecule has 10 heteroatoms. The van der Waals surface area contributed by atoms with Crippen LogP contribution in [-0.2, 0) is 11.3 Å². The van der Waals surface area contributed by atoms with Crippen LogP contribution in [0.3, 0.4) is 0 Å². The van der Waals surface area contributed by atoms with Crippen molar-refractivity contribution in [3.63, 3.8) is 0 Å². The van der Waals surface area contributed by atoms with Gasteiger partial charge < -0.3 is 5.11 Å². The predicted molar refractivity (Wildman–Crippen MR) is 103 cm³/mol. The monoisotopic (exact) mass is 424 g/mol. The molecular weight excluding hydrogens is 415 g/mol. The van der Waals surface area contributed by atoms with Crippen molar-refractivity contribution < 1.29 is 19.6 Å². The molecule has 0 saturated carbocycles. The van der Waals surface area contributed by atoms with E-state index >= 15 is 0 Å². The van der Waals surface area contributed by atoms with Gasteiger partial charge >= 0.3 is 5.69 Å². The van der Waals surface area contributed by atoms with Gasteiger partial charge in [0.25, 0.3) is 11.1 Å². The standard InChI is InChI=1S/C17H10Cl2N2O5S/c18-11-3-1-10(5-12(11)19)8-20-16(23)15(27-17(20)24)7-9-2-4-14(22)13(6-9)21(25)26/h1-7,22H,8H2. The van der Waals surface area contributed by atoms with Gasteiger partial charge in [-0.25, -0.2) is 0 Å². The van der Waals surface area contributed by atoms with Crippen LogP contribution in [-0.4, -0.2) is 26.1 Å². The minimum atomic E-state index is -0.733. The largest absolute Gasteiger partial charge is 0.502 e. The van der Waals surface area contributed by atoms with Crippen LogP contribution in [0.4, 0.5) is 10.5 Å². The van der Waals surface area contributed by atoms with E-state index in [9.17, 15) is 24.8 Å². The minimum Gasteiger partial charge on any atom is -0.502 e. The highest BCUT2D eigenvalue weighted by Gasteiger charge is 2.35. The van der Waals surface area contributed by atoms with Crippen LogP contribution < -0.4 is 0 Å². The van der Waals surface area contributed by atoms with Crippen molar-refractivity contribution in [3.05, 3.63) is 72.6 Å². The Bertz CT molecular complexity index is 1010. The van der Waals surface area contributed by atoms with Crippen molar-refractivity contribution in [1.29, 1.82) is 0 Å². The molecule has 0 unspecified atom stereocenters. The summed E-state index contributed by atoms with van der Waals surface area (Å²) in [5.41, 5.74) is 0.464. The number of nitro groups is 1. The molecule has 0 atom stereocenters. The SMILES string of the molecule is O=C1SC(=Cc2ccc(O)c([N+](=O)[O-])c2)C(=O)N1Cc1ccc(Cl)c(Cl)c1. The second-order valence-corrected chi connectivity index (χ2v) is 7.33. The Labute approximate surface area is 167 Å². The number of aromatic hydroxyl groups is 1. The third-order valence-corrected chi connectivity index (χ3v) is 5.34. The van der Waals surface area contributed by atoms with E-state index in [4.69, 9.17) is 23.2 Å². The van der Waals surface area contributed by atoms with E-state index in [1.54, 1.807) is 18.2 Å². The highest BCUT2D eigenvalue weighted by atomic mass is 35.5. The first-order valence-electron chi connectivity index (χ1n) is 7.43. The van der Waals surface area contributed by atoms with E-state index in [2.05, 4.69) is 0 Å². The summed E-state index contributed by atoms with van der Waals surface area (Å²) in [6.07, 6.45) is 1.37. The van der Waals surface area contributed by atoms with Crippen LogP contribution in [0.5, 0.6) is 5.75 Å². The molecular formula is C17H10Cl2N2O5S. The van der Waals surface area contributed by atoms with Gasteiger partial charge in [0.2, 0.25) is 0 Å². The molecule has 138 valence electrons. The molecule has 1 N–H and O–H groups in total. The van der Waals surface area contributed by atoms with Gasteiger partial charge in [-0.15, -0.1) is 0 Å². The summed E-state index contributed by atoms with van der Waals surface area (Å²) in [4.78, 5) is 36.1. The Balaban J connectivity index is 1.85. The highest BCUT2D eigenvalue weighted by molar-refractivity contribution is 8.18. The number of phenols is 1. The zero-order chi connectivity index (χ0) is 19.7. The molecule has 1 fully saturated rings. The maximum Gasteiger partial charge on any atom is 0.311 e. The lowest BCUT2D eigenvalue weighted by molar-refractivity contribution is -0.385. The first-order chi connectivity index (χ1) is 12.8. The second kappa shape index (κ2) is 7.59. The molecule has 3 rings (SSSR count). The summed E-state index contributed by atoms with van der Waals surface area (Å²) in [5, 5.41) is 20.6. The molecule has 1 saturated heterocycles. The quantitative estimate of drug-likeness (QED) is 0.427. The van der Waals surface area contributed by atoms with E-state index in [-0.39, 0.29) is 11.4 Å². The van der Waals surface area contributed by atoms with Crippen LogP contribution in [0, 0.1) is 10.1 Å². The Hall–Kier alpha value is -2.55. The Morgan fingerprint density at radius 3 is 2.56 bits per heavy atom. The number of amides is 2. The maximum atomic E-state index is 12.5.